The average Bonchev–Trinajstić information content (AvgIpc) is 2.84. The Morgan fingerprint density at radius 2 is 1.54 bits per heavy atom. The Balaban J connectivity index is 1.72. The van der Waals surface area contributed by atoms with Gasteiger partial charge >= 0.3 is 16.2 Å². The summed E-state index contributed by atoms with van der Waals surface area (Å²) in [6.45, 7) is 0. The van der Waals surface area contributed by atoms with Crippen molar-refractivity contribution in [2.75, 3.05) is 23.8 Å². The van der Waals surface area contributed by atoms with Crippen LogP contribution in [0.4, 0.5) is 11.4 Å². The van der Waals surface area contributed by atoms with Gasteiger partial charge in [-0.05, 0) is 48.4 Å². The number of hydrogen-bond acceptors (Lipinski definition) is 5. The fourth-order valence-electron chi connectivity index (χ4n) is 3.22. The standard InChI is InChI=1S/C24H23Cl2N3O5S/c1-29(18-7-4-3-5-8-18)35(32,33)28-21(24(31)34-2)15-16-11-13-17(14-12-16)27-23(30)22-19(25)9-6-10-20(22)26/h3-14,21,28H,15H2,1-2H3,(H,27,30). The molecule has 0 spiro atoms. The molecule has 0 bridgehead atoms. The molecule has 0 fully saturated rings. The fourth-order valence-corrected chi connectivity index (χ4v) is 4.88. The number of para-hydroxylation sites is 1. The molecule has 0 radical (unpaired) electrons. The molecule has 0 aliphatic heterocycles. The Morgan fingerprint density at radius 1 is 0.943 bits per heavy atom. The lowest BCUT2D eigenvalue weighted by Crippen LogP contribution is -2.48. The van der Waals surface area contributed by atoms with Crippen molar-refractivity contribution in [3.8, 4) is 0 Å². The van der Waals surface area contributed by atoms with Crippen molar-refractivity contribution in [1.29, 1.82) is 0 Å². The molecule has 184 valence electrons. The molecule has 1 unspecified atom stereocenters. The third-order valence-corrected chi connectivity index (χ3v) is 7.24. The average molecular weight is 536 g/mol. The van der Waals surface area contributed by atoms with Crippen LogP contribution in [-0.2, 0) is 26.2 Å². The van der Waals surface area contributed by atoms with E-state index in [4.69, 9.17) is 27.9 Å². The van der Waals surface area contributed by atoms with Crippen molar-refractivity contribution < 1.29 is 22.7 Å². The van der Waals surface area contributed by atoms with E-state index < -0.39 is 28.1 Å². The summed E-state index contributed by atoms with van der Waals surface area (Å²) in [5.74, 6) is -1.21. The van der Waals surface area contributed by atoms with Crippen molar-refractivity contribution in [2.45, 2.75) is 12.5 Å². The molecule has 2 N–H and O–H groups in total. The molecule has 3 aromatic rings. The number of amides is 1. The van der Waals surface area contributed by atoms with Gasteiger partial charge in [-0.25, -0.2) is 0 Å². The zero-order valence-corrected chi connectivity index (χ0v) is 21.2. The summed E-state index contributed by atoms with van der Waals surface area (Å²) < 4.78 is 33.9. The van der Waals surface area contributed by atoms with E-state index in [0.717, 1.165) is 4.31 Å². The van der Waals surface area contributed by atoms with Gasteiger partial charge in [-0.15, -0.1) is 0 Å². The molecule has 11 heteroatoms. The normalized spacial score (nSPS) is 12.0. The summed E-state index contributed by atoms with van der Waals surface area (Å²) in [4.78, 5) is 24.9. The van der Waals surface area contributed by atoms with Gasteiger partial charge in [0, 0.05) is 12.7 Å². The van der Waals surface area contributed by atoms with Crippen LogP contribution in [0, 0.1) is 0 Å². The zero-order chi connectivity index (χ0) is 25.6. The number of halogens is 2. The van der Waals surface area contributed by atoms with Crippen LogP contribution < -0.4 is 14.3 Å². The topological polar surface area (TPSA) is 105 Å². The molecule has 1 amide bonds. The third-order valence-electron chi connectivity index (χ3n) is 5.10. The summed E-state index contributed by atoms with van der Waals surface area (Å²) >= 11 is 12.2. The first-order chi connectivity index (χ1) is 16.6. The number of benzene rings is 3. The van der Waals surface area contributed by atoms with Gasteiger partial charge in [-0.3, -0.25) is 13.9 Å². The van der Waals surface area contributed by atoms with Crippen molar-refractivity contribution >= 4 is 56.7 Å². The van der Waals surface area contributed by atoms with Gasteiger partial charge in [0.1, 0.15) is 6.04 Å². The minimum absolute atomic E-state index is 0.0269. The predicted molar refractivity (Wildman–Crippen MR) is 137 cm³/mol. The highest BCUT2D eigenvalue weighted by Gasteiger charge is 2.28. The molecule has 0 saturated carbocycles. The Morgan fingerprint density at radius 3 is 2.11 bits per heavy atom. The molecule has 0 aromatic heterocycles. The Labute approximate surface area is 214 Å². The van der Waals surface area contributed by atoms with Crippen LogP contribution in [0.2, 0.25) is 10.0 Å². The van der Waals surface area contributed by atoms with Crippen LogP contribution in [-0.4, -0.2) is 40.5 Å². The minimum atomic E-state index is -4.05. The molecule has 1 atom stereocenters. The van der Waals surface area contributed by atoms with Gasteiger partial charge in [0.05, 0.1) is 28.4 Å². The SMILES string of the molecule is COC(=O)C(Cc1ccc(NC(=O)c2c(Cl)cccc2Cl)cc1)NS(=O)(=O)N(C)c1ccccc1. The van der Waals surface area contributed by atoms with Crippen LogP contribution in [0.3, 0.4) is 0 Å². The van der Waals surface area contributed by atoms with Crippen molar-refractivity contribution in [3.63, 3.8) is 0 Å². The van der Waals surface area contributed by atoms with Crippen LogP contribution in [0.25, 0.3) is 0 Å². The van der Waals surface area contributed by atoms with Gasteiger partial charge in [0.2, 0.25) is 0 Å². The van der Waals surface area contributed by atoms with Gasteiger partial charge in [-0.1, -0.05) is 59.6 Å². The monoisotopic (exact) mass is 535 g/mol. The molecule has 35 heavy (non-hydrogen) atoms. The number of anilines is 2. The first-order valence-corrected chi connectivity index (χ1v) is 12.6. The molecular formula is C24H23Cl2N3O5S. The molecule has 0 aliphatic carbocycles. The fraction of sp³-hybridized carbons (Fsp3) is 0.167. The zero-order valence-electron chi connectivity index (χ0n) is 18.9. The number of esters is 1. The highest BCUT2D eigenvalue weighted by atomic mass is 35.5. The second kappa shape index (κ2) is 11.5. The summed E-state index contributed by atoms with van der Waals surface area (Å²) in [5.41, 5.74) is 1.69. The van der Waals surface area contributed by atoms with Gasteiger partial charge in [0.15, 0.2) is 0 Å². The molecular weight excluding hydrogens is 513 g/mol. The lowest BCUT2D eigenvalue weighted by atomic mass is 10.1. The largest absolute Gasteiger partial charge is 0.468 e. The Hall–Kier alpha value is -3.11. The van der Waals surface area contributed by atoms with E-state index in [-0.39, 0.29) is 22.0 Å². The van der Waals surface area contributed by atoms with E-state index in [1.165, 1.54) is 14.2 Å². The van der Waals surface area contributed by atoms with E-state index >= 15 is 0 Å². The maximum absolute atomic E-state index is 12.9. The first-order valence-electron chi connectivity index (χ1n) is 10.4. The molecule has 8 nitrogen and oxygen atoms in total. The number of methoxy groups -OCH3 is 1. The summed E-state index contributed by atoms with van der Waals surface area (Å²) in [6, 6.07) is 18.6. The Kier molecular flexibility index (Phi) is 8.74. The number of nitrogens with one attached hydrogen (secondary N) is 2. The van der Waals surface area contributed by atoms with E-state index in [1.807, 2.05) is 0 Å². The van der Waals surface area contributed by atoms with Crippen molar-refractivity contribution in [1.82, 2.24) is 4.72 Å². The number of rotatable bonds is 9. The maximum Gasteiger partial charge on any atom is 0.324 e. The summed E-state index contributed by atoms with van der Waals surface area (Å²) in [6.07, 6.45) is 0.0269. The summed E-state index contributed by atoms with van der Waals surface area (Å²) in [7, 11) is -1.48. The van der Waals surface area contributed by atoms with Gasteiger partial charge < -0.3 is 10.1 Å². The van der Waals surface area contributed by atoms with Crippen LogP contribution in [0.15, 0.2) is 72.8 Å². The molecule has 0 heterocycles. The lowest BCUT2D eigenvalue weighted by molar-refractivity contribution is -0.142. The number of ether oxygens (including phenoxy) is 1. The third kappa shape index (κ3) is 6.73. The molecule has 0 saturated heterocycles. The quantitative estimate of drug-likeness (QED) is 0.397. The van der Waals surface area contributed by atoms with E-state index in [2.05, 4.69) is 10.0 Å². The smallest absolute Gasteiger partial charge is 0.324 e. The predicted octanol–water partition coefficient (Wildman–Crippen LogP) is 4.30. The molecule has 0 aliphatic rings. The van der Waals surface area contributed by atoms with E-state index in [9.17, 15) is 18.0 Å². The van der Waals surface area contributed by atoms with E-state index in [0.29, 0.717) is 16.9 Å². The minimum Gasteiger partial charge on any atom is -0.468 e. The van der Waals surface area contributed by atoms with Crippen LogP contribution in [0.1, 0.15) is 15.9 Å². The number of hydrogen-bond donors (Lipinski definition) is 2. The van der Waals surface area contributed by atoms with E-state index in [1.54, 1.807) is 72.8 Å². The summed E-state index contributed by atoms with van der Waals surface area (Å²) in [5, 5.41) is 3.15. The lowest BCUT2D eigenvalue weighted by Gasteiger charge is -2.23. The number of carbonyl (C=O) groups is 2. The van der Waals surface area contributed by atoms with Crippen molar-refractivity contribution in [3.05, 3.63) is 94.0 Å². The first kappa shape index (κ1) is 26.5. The van der Waals surface area contributed by atoms with Gasteiger partial charge in [0.25, 0.3) is 5.91 Å². The van der Waals surface area contributed by atoms with Crippen LogP contribution in [0.5, 0.6) is 0 Å². The Bertz CT molecular complexity index is 1280. The maximum atomic E-state index is 12.9. The molecule has 3 aromatic carbocycles. The number of carbonyl (C=O) groups excluding carboxylic acids is 2. The second-order valence-corrected chi connectivity index (χ2v) is 10.0. The van der Waals surface area contributed by atoms with Crippen LogP contribution >= 0.6 is 23.2 Å². The van der Waals surface area contributed by atoms with Gasteiger partial charge in [-0.2, -0.15) is 13.1 Å². The second-order valence-electron chi connectivity index (χ2n) is 7.45. The highest BCUT2D eigenvalue weighted by Crippen LogP contribution is 2.25. The molecule has 3 rings (SSSR count). The van der Waals surface area contributed by atoms with Crippen molar-refractivity contribution in [2.24, 2.45) is 0 Å². The number of nitrogens with zero attached hydrogens (tertiary/aromatic N) is 1. The highest BCUT2D eigenvalue weighted by molar-refractivity contribution is 7.90.